The molecular weight excluding hydrogens is 386 g/mol. The third-order valence-electron chi connectivity index (χ3n) is 4.76. The van der Waals surface area contributed by atoms with Gasteiger partial charge in [-0.1, -0.05) is 30.3 Å². The summed E-state index contributed by atoms with van der Waals surface area (Å²) in [7, 11) is 0. The zero-order valence-electron chi connectivity index (χ0n) is 15.8. The summed E-state index contributed by atoms with van der Waals surface area (Å²) in [6.45, 7) is 3.00. The van der Waals surface area contributed by atoms with Crippen molar-refractivity contribution in [2.24, 2.45) is 0 Å². The molecule has 2 aromatic heterocycles. The van der Waals surface area contributed by atoms with Gasteiger partial charge in [0.2, 0.25) is 0 Å². The Labute approximate surface area is 174 Å². The van der Waals surface area contributed by atoms with Crippen LogP contribution in [0.4, 0.5) is 10.7 Å². The van der Waals surface area contributed by atoms with E-state index in [0.717, 1.165) is 45.7 Å². The van der Waals surface area contributed by atoms with Crippen LogP contribution >= 0.6 is 23.1 Å². The normalized spacial score (nSPS) is 14.4. The summed E-state index contributed by atoms with van der Waals surface area (Å²) < 4.78 is 0. The van der Waals surface area contributed by atoms with Gasteiger partial charge in [-0.25, -0.2) is 4.98 Å². The van der Waals surface area contributed by atoms with E-state index in [0.29, 0.717) is 0 Å². The average molecular weight is 410 g/mol. The molecule has 0 aliphatic carbocycles. The number of nitrogens with one attached hydrogen (secondary N) is 1. The van der Waals surface area contributed by atoms with Crippen molar-refractivity contribution in [3.63, 3.8) is 0 Å². The Bertz CT molecular complexity index is 942. The number of rotatable bonds is 6. The number of thiophene rings is 1. The highest BCUT2D eigenvalue weighted by atomic mass is 32.2. The summed E-state index contributed by atoms with van der Waals surface area (Å²) in [5.41, 5.74) is 2.43. The van der Waals surface area contributed by atoms with Crippen LogP contribution in [0.2, 0.25) is 0 Å². The van der Waals surface area contributed by atoms with Gasteiger partial charge in [0.05, 0.1) is 15.6 Å². The van der Waals surface area contributed by atoms with Crippen LogP contribution in [-0.4, -0.2) is 29.2 Å². The molecule has 4 rings (SSSR count). The van der Waals surface area contributed by atoms with E-state index >= 15 is 0 Å². The Morgan fingerprint density at radius 2 is 2.04 bits per heavy atom. The molecule has 3 aromatic rings. The van der Waals surface area contributed by atoms with Gasteiger partial charge in [0, 0.05) is 24.5 Å². The largest absolute Gasteiger partial charge is 0.349 e. The Morgan fingerprint density at radius 1 is 1.18 bits per heavy atom. The first-order chi connectivity index (χ1) is 13.7. The monoisotopic (exact) mass is 409 g/mol. The fraction of sp³-hybridized carbons (Fsp3) is 0.273. The number of carbonyl (C=O) groups excluding carboxylic acids is 1. The predicted molar refractivity (Wildman–Crippen MR) is 118 cm³/mol. The van der Waals surface area contributed by atoms with Crippen molar-refractivity contribution in [1.82, 2.24) is 10.3 Å². The fourth-order valence-corrected chi connectivity index (χ4v) is 5.15. The van der Waals surface area contributed by atoms with Crippen molar-refractivity contribution in [1.29, 1.82) is 0 Å². The minimum atomic E-state index is 0.00889. The van der Waals surface area contributed by atoms with E-state index in [1.807, 2.05) is 30.5 Å². The van der Waals surface area contributed by atoms with Crippen LogP contribution in [-0.2, 0) is 6.42 Å². The third kappa shape index (κ3) is 4.39. The second kappa shape index (κ2) is 8.80. The molecule has 3 heterocycles. The van der Waals surface area contributed by atoms with Crippen molar-refractivity contribution in [3.8, 4) is 0 Å². The molecule has 6 heteroatoms. The third-order valence-corrected chi connectivity index (χ3v) is 6.85. The summed E-state index contributed by atoms with van der Waals surface area (Å²) >= 11 is 3.33. The summed E-state index contributed by atoms with van der Waals surface area (Å²) in [6, 6.07) is 18.6. The summed E-state index contributed by atoms with van der Waals surface area (Å²) in [6.07, 6.45) is 3.73. The molecule has 0 fully saturated rings. The van der Waals surface area contributed by atoms with Crippen molar-refractivity contribution >= 4 is 39.7 Å². The van der Waals surface area contributed by atoms with Gasteiger partial charge in [-0.05, 0) is 49.6 Å². The number of aryl methyl sites for hydroxylation is 1. The summed E-state index contributed by atoms with van der Waals surface area (Å²) in [5, 5.41) is 5.29. The summed E-state index contributed by atoms with van der Waals surface area (Å²) in [5.74, 6) is 1.01. The quantitative estimate of drug-likeness (QED) is 0.612. The SMILES string of the molecule is CC(CCc1ccccc1)NC(=O)c1ccc(N2CCSc3ncccc32)s1. The van der Waals surface area contributed by atoms with Gasteiger partial charge in [0.15, 0.2) is 0 Å². The van der Waals surface area contributed by atoms with Gasteiger partial charge >= 0.3 is 0 Å². The molecule has 0 saturated carbocycles. The predicted octanol–water partition coefficient (Wildman–Crippen LogP) is 5.14. The Balaban J connectivity index is 1.38. The van der Waals surface area contributed by atoms with Crippen molar-refractivity contribution in [2.75, 3.05) is 17.2 Å². The molecule has 1 amide bonds. The van der Waals surface area contributed by atoms with Crippen LogP contribution in [0.1, 0.15) is 28.6 Å². The van der Waals surface area contributed by atoms with Gasteiger partial charge in [0.1, 0.15) is 5.03 Å². The van der Waals surface area contributed by atoms with Gasteiger partial charge in [-0.15, -0.1) is 23.1 Å². The highest BCUT2D eigenvalue weighted by Gasteiger charge is 2.22. The molecule has 1 aromatic carbocycles. The lowest BCUT2D eigenvalue weighted by molar-refractivity contribution is 0.0942. The first-order valence-corrected chi connectivity index (χ1v) is 11.3. The minimum absolute atomic E-state index is 0.00889. The lowest BCUT2D eigenvalue weighted by Gasteiger charge is -2.28. The number of carbonyl (C=O) groups is 1. The number of nitrogens with zero attached hydrogens (tertiary/aromatic N) is 2. The number of amides is 1. The van der Waals surface area contributed by atoms with E-state index in [1.54, 1.807) is 23.1 Å². The molecule has 4 nitrogen and oxygen atoms in total. The molecule has 1 atom stereocenters. The molecule has 0 bridgehead atoms. The molecule has 1 N–H and O–H groups in total. The second-order valence-electron chi connectivity index (χ2n) is 6.86. The first kappa shape index (κ1) is 19.0. The molecule has 1 aliphatic heterocycles. The first-order valence-electron chi connectivity index (χ1n) is 9.50. The van der Waals surface area contributed by atoms with E-state index in [4.69, 9.17) is 0 Å². The molecule has 0 radical (unpaired) electrons. The standard InChI is InChI=1S/C22H23N3OS2/c1-16(9-10-17-6-3-2-4-7-17)24-21(26)19-11-12-20(28-19)25-14-15-27-22-18(25)8-5-13-23-22/h2-8,11-13,16H,9-10,14-15H2,1H3,(H,24,26). The average Bonchev–Trinajstić information content (AvgIpc) is 3.23. The molecule has 1 unspecified atom stereocenters. The Morgan fingerprint density at radius 3 is 2.89 bits per heavy atom. The molecule has 144 valence electrons. The van der Waals surface area contributed by atoms with E-state index in [1.165, 1.54) is 5.56 Å². The van der Waals surface area contributed by atoms with Crippen molar-refractivity contribution in [2.45, 2.75) is 30.8 Å². The van der Waals surface area contributed by atoms with Gasteiger partial charge in [-0.3, -0.25) is 4.79 Å². The molecule has 1 aliphatic rings. The molecule has 0 saturated heterocycles. The van der Waals surface area contributed by atoms with Crippen LogP contribution in [0.25, 0.3) is 0 Å². The maximum absolute atomic E-state index is 12.7. The van der Waals surface area contributed by atoms with Crippen molar-refractivity contribution in [3.05, 3.63) is 71.2 Å². The number of aromatic nitrogens is 1. The zero-order valence-corrected chi connectivity index (χ0v) is 17.4. The number of thioether (sulfide) groups is 1. The Hall–Kier alpha value is -2.31. The van der Waals surface area contributed by atoms with Crippen LogP contribution in [0.3, 0.4) is 0 Å². The van der Waals surface area contributed by atoms with Crippen LogP contribution in [0, 0.1) is 0 Å². The maximum Gasteiger partial charge on any atom is 0.261 e. The molecule has 0 spiro atoms. The second-order valence-corrected chi connectivity index (χ2v) is 9.01. The van der Waals surface area contributed by atoms with Crippen LogP contribution in [0.5, 0.6) is 0 Å². The smallest absolute Gasteiger partial charge is 0.261 e. The number of fused-ring (bicyclic) bond motifs is 1. The van der Waals surface area contributed by atoms with Crippen LogP contribution in [0.15, 0.2) is 65.8 Å². The molecular formula is C22H23N3OS2. The molecule has 28 heavy (non-hydrogen) atoms. The number of anilines is 2. The van der Waals surface area contributed by atoms with Gasteiger partial charge in [0.25, 0.3) is 5.91 Å². The number of pyridine rings is 1. The highest BCUT2D eigenvalue weighted by Crippen LogP contribution is 2.39. The highest BCUT2D eigenvalue weighted by molar-refractivity contribution is 7.99. The number of benzene rings is 1. The maximum atomic E-state index is 12.7. The lowest BCUT2D eigenvalue weighted by atomic mass is 10.1. The number of hydrogen-bond donors (Lipinski definition) is 1. The van der Waals surface area contributed by atoms with Gasteiger partial charge < -0.3 is 10.2 Å². The van der Waals surface area contributed by atoms with E-state index < -0.39 is 0 Å². The zero-order chi connectivity index (χ0) is 19.3. The number of hydrogen-bond acceptors (Lipinski definition) is 5. The Kier molecular flexibility index (Phi) is 5.98. The van der Waals surface area contributed by atoms with E-state index in [9.17, 15) is 4.79 Å². The fourth-order valence-electron chi connectivity index (χ4n) is 3.27. The van der Waals surface area contributed by atoms with Gasteiger partial charge in [-0.2, -0.15) is 0 Å². The van der Waals surface area contributed by atoms with Crippen molar-refractivity contribution < 1.29 is 4.79 Å². The summed E-state index contributed by atoms with van der Waals surface area (Å²) in [4.78, 5) is 20.2. The van der Waals surface area contributed by atoms with Crippen LogP contribution < -0.4 is 10.2 Å². The topological polar surface area (TPSA) is 45.2 Å². The minimum Gasteiger partial charge on any atom is -0.349 e. The van der Waals surface area contributed by atoms with E-state index in [2.05, 4.69) is 52.5 Å². The lowest BCUT2D eigenvalue weighted by Crippen LogP contribution is -2.32. The van der Waals surface area contributed by atoms with E-state index in [-0.39, 0.29) is 11.9 Å².